The highest BCUT2D eigenvalue weighted by atomic mass is 127. The van der Waals surface area contributed by atoms with Crippen molar-refractivity contribution in [2.75, 3.05) is 52.4 Å². The van der Waals surface area contributed by atoms with Crippen LogP contribution in [0.25, 0.3) is 0 Å². The van der Waals surface area contributed by atoms with E-state index in [9.17, 15) is 9.59 Å². The van der Waals surface area contributed by atoms with Gasteiger partial charge in [-0.2, -0.15) is 0 Å². The van der Waals surface area contributed by atoms with Gasteiger partial charge in [0.15, 0.2) is 5.96 Å². The first kappa shape index (κ1) is 27.0. The van der Waals surface area contributed by atoms with Crippen LogP contribution in [0.3, 0.4) is 0 Å². The fraction of sp³-hybridized carbons (Fsp3) is 0.591. The summed E-state index contributed by atoms with van der Waals surface area (Å²) in [6, 6.07) is 7.66. The van der Waals surface area contributed by atoms with E-state index in [-0.39, 0.29) is 36.0 Å². The van der Waals surface area contributed by atoms with Gasteiger partial charge in [0.05, 0.1) is 13.2 Å². The number of rotatable bonds is 7. The predicted octanol–water partition coefficient (Wildman–Crippen LogP) is 3.03. The molecule has 1 heterocycles. The molecule has 1 fully saturated rings. The van der Waals surface area contributed by atoms with Crippen molar-refractivity contribution in [2.45, 2.75) is 34.2 Å². The van der Waals surface area contributed by atoms with Crippen LogP contribution < -0.4 is 5.32 Å². The minimum absolute atomic E-state index is 0. The molecule has 1 N–H and O–H groups in total. The van der Waals surface area contributed by atoms with Gasteiger partial charge in [-0.3, -0.25) is 4.79 Å². The van der Waals surface area contributed by atoms with Crippen LogP contribution in [-0.4, -0.2) is 85.1 Å². The van der Waals surface area contributed by atoms with Crippen molar-refractivity contribution < 1.29 is 14.3 Å². The van der Waals surface area contributed by atoms with Crippen molar-refractivity contribution in [1.29, 1.82) is 0 Å². The first-order valence-electron chi connectivity index (χ1n) is 10.9. The third-order valence-corrected chi connectivity index (χ3v) is 5.10. The minimum Gasteiger partial charge on any atom is -0.450 e. The molecule has 2 rings (SSSR count). The van der Waals surface area contributed by atoms with E-state index in [0.29, 0.717) is 58.0 Å². The zero-order chi connectivity index (χ0) is 21.9. The molecule has 0 atom stereocenters. The van der Waals surface area contributed by atoms with Gasteiger partial charge in [-0.15, -0.1) is 24.0 Å². The van der Waals surface area contributed by atoms with Gasteiger partial charge in [0.2, 0.25) is 0 Å². The topological polar surface area (TPSA) is 77.5 Å². The Morgan fingerprint density at radius 1 is 1.00 bits per heavy atom. The fourth-order valence-corrected chi connectivity index (χ4v) is 3.35. The van der Waals surface area contributed by atoms with Gasteiger partial charge in [-0.05, 0) is 45.4 Å². The average molecular weight is 545 g/mol. The van der Waals surface area contributed by atoms with E-state index < -0.39 is 0 Å². The Kier molecular flexibility index (Phi) is 12.3. The van der Waals surface area contributed by atoms with E-state index >= 15 is 0 Å². The SMILES string of the molecule is CCNC(=NCc1ccc(C(=O)N(CC)CC)cc1)N1CCN(C(=O)OCC)CC1.I. The second-order valence-corrected chi connectivity index (χ2v) is 7.02. The molecule has 0 aliphatic carbocycles. The lowest BCUT2D eigenvalue weighted by Gasteiger charge is -2.35. The second kappa shape index (κ2) is 14.1. The molecule has 8 nitrogen and oxygen atoms in total. The zero-order valence-electron chi connectivity index (χ0n) is 19.1. The standard InChI is InChI=1S/C22H35N5O3.HI/c1-5-23-21(26-13-15-27(16-14-26)22(29)30-8-4)24-17-18-9-11-19(12-10-18)20(28)25(6-2)7-3;/h9-12H,5-8,13-17H2,1-4H3,(H,23,24);1H. The lowest BCUT2D eigenvalue weighted by atomic mass is 10.1. The van der Waals surface area contributed by atoms with Crippen molar-refractivity contribution >= 4 is 41.9 Å². The lowest BCUT2D eigenvalue weighted by molar-refractivity contribution is 0.0772. The van der Waals surface area contributed by atoms with Gasteiger partial charge in [0, 0.05) is 51.4 Å². The third kappa shape index (κ3) is 7.86. The predicted molar refractivity (Wildman–Crippen MR) is 134 cm³/mol. The number of guanidine groups is 1. The highest BCUT2D eigenvalue weighted by Gasteiger charge is 2.23. The zero-order valence-corrected chi connectivity index (χ0v) is 21.4. The van der Waals surface area contributed by atoms with Gasteiger partial charge >= 0.3 is 6.09 Å². The maximum Gasteiger partial charge on any atom is 0.409 e. The van der Waals surface area contributed by atoms with Crippen LogP contribution in [0, 0.1) is 0 Å². The maximum absolute atomic E-state index is 12.4. The fourth-order valence-electron chi connectivity index (χ4n) is 3.35. The number of amides is 2. The number of aliphatic imine (C=N–C) groups is 1. The Balaban J connectivity index is 0.00000480. The molecule has 0 spiro atoms. The summed E-state index contributed by atoms with van der Waals surface area (Å²) in [7, 11) is 0. The number of carbonyl (C=O) groups is 2. The third-order valence-electron chi connectivity index (χ3n) is 5.10. The molecule has 0 saturated carbocycles. The highest BCUT2D eigenvalue weighted by Crippen LogP contribution is 2.10. The van der Waals surface area contributed by atoms with Gasteiger partial charge in [-0.1, -0.05) is 12.1 Å². The lowest BCUT2D eigenvalue weighted by Crippen LogP contribution is -2.53. The van der Waals surface area contributed by atoms with Crippen LogP contribution in [0.1, 0.15) is 43.6 Å². The largest absolute Gasteiger partial charge is 0.450 e. The number of carbonyl (C=O) groups excluding carboxylic acids is 2. The number of piperazine rings is 1. The number of nitrogens with zero attached hydrogens (tertiary/aromatic N) is 4. The molecule has 1 aromatic carbocycles. The van der Waals surface area contributed by atoms with Crippen molar-refractivity contribution in [2.24, 2.45) is 4.99 Å². The molecule has 1 aromatic rings. The monoisotopic (exact) mass is 545 g/mol. The Hall–Kier alpha value is -2.04. The first-order valence-corrected chi connectivity index (χ1v) is 10.9. The Morgan fingerprint density at radius 3 is 2.10 bits per heavy atom. The van der Waals surface area contributed by atoms with E-state index in [4.69, 9.17) is 9.73 Å². The van der Waals surface area contributed by atoms with Crippen LogP contribution in [0.4, 0.5) is 4.79 Å². The number of halogens is 1. The highest BCUT2D eigenvalue weighted by molar-refractivity contribution is 14.0. The molecular weight excluding hydrogens is 509 g/mol. The minimum atomic E-state index is -0.251. The summed E-state index contributed by atoms with van der Waals surface area (Å²) < 4.78 is 5.08. The van der Waals surface area contributed by atoms with Gasteiger partial charge in [0.25, 0.3) is 5.91 Å². The molecule has 0 bridgehead atoms. The molecule has 1 aliphatic heterocycles. The summed E-state index contributed by atoms with van der Waals surface area (Å²) in [6.07, 6.45) is -0.251. The van der Waals surface area contributed by atoms with Crippen molar-refractivity contribution in [1.82, 2.24) is 20.0 Å². The second-order valence-electron chi connectivity index (χ2n) is 7.02. The smallest absolute Gasteiger partial charge is 0.409 e. The van der Waals surface area contributed by atoms with Crippen molar-refractivity contribution in [3.8, 4) is 0 Å². The van der Waals surface area contributed by atoms with Crippen molar-refractivity contribution in [3.05, 3.63) is 35.4 Å². The van der Waals surface area contributed by atoms with Gasteiger partial charge in [-0.25, -0.2) is 9.79 Å². The van der Waals surface area contributed by atoms with Gasteiger partial charge < -0.3 is 24.8 Å². The number of ether oxygens (including phenoxy) is 1. The van der Waals surface area contributed by atoms with Crippen LogP contribution in [0.15, 0.2) is 29.3 Å². The number of hydrogen-bond acceptors (Lipinski definition) is 4. The molecular formula is C22H36IN5O3. The molecule has 0 radical (unpaired) electrons. The Bertz CT molecular complexity index is 714. The van der Waals surface area contributed by atoms with Crippen LogP contribution in [0.5, 0.6) is 0 Å². The molecule has 31 heavy (non-hydrogen) atoms. The molecule has 2 amide bonds. The number of nitrogens with one attached hydrogen (secondary N) is 1. The number of benzene rings is 1. The number of hydrogen-bond donors (Lipinski definition) is 1. The van der Waals surface area contributed by atoms with Crippen LogP contribution in [0.2, 0.25) is 0 Å². The molecule has 1 saturated heterocycles. The van der Waals surface area contributed by atoms with E-state index in [1.54, 1.807) is 4.90 Å². The van der Waals surface area contributed by atoms with Crippen LogP contribution >= 0.6 is 24.0 Å². The Morgan fingerprint density at radius 2 is 1.58 bits per heavy atom. The van der Waals surface area contributed by atoms with Crippen LogP contribution in [-0.2, 0) is 11.3 Å². The molecule has 9 heteroatoms. The quantitative estimate of drug-likeness (QED) is 0.324. The summed E-state index contributed by atoms with van der Waals surface area (Å²) in [4.78, 5) is 34.8. The van der Waals surface area contributed by atoms with E-state index in [0.717, 1.165) is 18.1 Å². The summed E-state index contributed by atoms with van der Waals surface area (Å²) >= 11 is 0. The van der Waals surface area contributed by atoms with Gasteiger partial charge in [0.1, 0.15) is 0 Å². The Labute approximate surface area is 203 Å². The molecule has 174 valence electrons. The van der Waals surface area contributed by atoms with E-state index in [1.165, 1.54) is 0 Å². The summed E-state index contributed by atoms with van der Waals surface area (Å²) in [5.41, 5.74) is 1.75. The first-order chi connectivity index (χ1) is 14.5. The van der Waals surface area contributed by atoms with E-state index in [1.807, 2.05) is 56.9 Å². The summed E-state index contributed by atoms with van der Waals surface area (Å²) in [5.74, 6) is 0.896. The van der Waals surface area contributed by atoms with E-state index in [2.05, 4.69) is 10.2 Å². The van der Waals surface area contributed by atoms with Crippen molar-refractivity contribution in [3.63, 3.8) is 0 Å². The normalized spacial score (nSPS) is 14.0. The maximum atomic E-state index is 12.4. The summed E-state index contributed by atoms with van der Waals surface area (Å²) in [5, 5.41) is 3.33. The summed E-state index contributed by atoms with van der Waals surface area (Å²) in [6.45, 7) is 13.6. The molecule has 0 unspecified atom stereocenters. The molecule has 0 aromatic heterocycles. The molecule has 1 aliphatic rings. The average Bonchev–Trinajstić information content (AvgIpc) is 2.78.